The van der Waals surface area contributed by atoms with Crippen LogP contribution in [0.4, 0.5) is 4.39 Å². The molecule has 27 heavy (non-hydrogen) atoms. The van der Waals surface area contributed by atoms with E-state index in [1.807, 2.05) is 0 Å². The summed E-state index contributed by atoms with van der Waals surface area (Å²) < 4.78 is 21.7. The molecule has 0 atom stereocenters. The van der Waals surface area contributed by atoms with Gasteiger partial charge in [0.15, 0.2) is 0 Å². The zero-order valence-corrected chi connectivity index (χ0v) is 16.8. The second-order valence-electron chi connectivity index (χ2n) is 7.79. The number of halogens is 1. The Bertz CT molecular complexity index is 940. The molecule has 5 nitrogen and oxygen atoms in total. The summed E-state index contributed by atoms with van der Waals surface area (Å²) in [6, 6.07) is 10.9. The van der Waals surface area contributed by atoms with E-state index in [-0.39, 0.29) is 18.1 Å². The number of aromatic nitrogens is 2. The minimum absolute atomic E-state index is 0.161. The molecular weight excluding hydrogens is 362 g/mol. The van der Waals surface area contributed by atoms with Crippen LogP contribution in [0.5, 0.6) is 0 Å². The van der Waals surface area contributed by atoms with Crippen LogP contribution in [0.25, 0.3) is 22.2 Å². The number of benzene rings is 1. The van der Waals surface area contributed by atoms with E-state index >= 15 is 0 Å². The number of fused-ring (bicyclic) bond motifs is 1. The third kappa shape index (κ3) is 4.47. The standard InChI is InChI=1S/C19H24BFN2O3Si/c1-27(2,3)11-10-26-13-23-18(20(24)25)12-16-14(8-9-22-19(16)23)15-6-4-5-7-17(15)21/h4-9,12,24-25H,10-11,13H2,1-3H3. The summed E-state index contributed by atoms with van der Waals surface area (Å²) in [7, 11) is -2.89. The average Bonchev–Trinajstić information content (AvgIpc) is 2.97. The second kappa shape index (κ2) is 7.94. The molecule has 0 aliphatic carbocycles. The molecule has 0 fully saturated rings. The molecular formula is C19H24BFN2O3Si. The lowest BCUT2D eigenvalue weighted by Gasteiger charge is -2.16. The van der Waals surface area contributed by atoms with Gasteiger partial charge in [-0.2, -0.15) is 0 Å². The van der Waals surface area contributed by atoms with Crippen molar-refractivity contribution in [3.05, 3.63) is 48.4 Å². The fraction of sp³-hybridized carbons (Fsp3) is 0.316. The molecule has 3 aromatic rings. The number of hydrogen-bond acceptors (Lipinski definition) is 4. The molecule has 2 aromatic heterocycles. The lowest BCUT2D eigenvalue weighted by molar-refractivity contribution is 0.0912. The Kier molecular flexibility index (Phi) is 5.81. The largest absolute Gasteiger partial charge is 0.506 e. The Morgan fingerprint density at radius 3 is 2.56 bits per heavy atom. The summed E-state index contributed by atoms with van der Waals surface area (Å²) in [5.74, 6) is -0.338. The van der Waals surface area contributed by atoms with E-state index in [2.05, 4.69) is 24.6 Å². The first-order valence-corrected chi connectivity index (χ1v) is 12.7. The van der Waals surface area contributed by atoms with Crippen molar-refractivity contribution in [2.24, 2.45) is 0 Å². The minimum atomic E-state index is -1.67. The zero-order valence-electron chi connectivity index (χ0n) is 15.8. The van der Waals surface area contributed by atoms with Gasteiger partial charge in [0.05, 0.1) is 5.59 Å². The van der Waals surface area contributed by atoms with Crippen molar-refractivity contribution >= 4 is 31.8 Å². The molecule has 8 heteroatoms. The predicted molar refractivity (Wildman–Crippen MR) is 109 cm³/mol. The van der Waals surface area contributed by atoms with Crippen LogP contribution in [0.1, 0.15) is 0 Å². The monoisotopic (exact) mass is 386 g/mol. The van der Waals surface area contributed by atoms with E-state index in [0.717, 1.165) is 6.04 Å². The summed E-state index contributed by atoms with van der Waals surface area (Å²) in [5, 5.41) is 20.2. The van der Waals surface area contributed by atoms with E-state index in [1.54, 1.807) is 41.1 Å². The second-order valence-corrected chi connectivity index (χ2v) is 13.4. The van der Waals surface area contributed by atoms with Crippen LogP contribution in [0.3, 0.4) is 0 Å². The fourth-order valence-corrected chi connectivity index (χ4v) is 3.72. The van der Waals surface area contributed by atoms with E-state index in [9.17, 15) is 14.4 Å². The first-order valence-electron chi connectivity index (χ1n) is 8.95. The van der Waals surface area contributed by atoms with Crippen molar-refractivity contribution in [2.45, 2.75) is 32.4 Å². The maximum atomic E-state index is 14.3. The average molecular weight is 386 g/mol. The molecule has 0 unspecified atom stereocenters. The Morgan fingerprint density at radius 2 is 1.89 bits per heavy atom. The molecule has 0 radical (unpaired) electrons. The van der Waals surface area contributed by atoms with Crippen LogP contribution in [0.15, 0.2) is 42.6 Å². The van der Waals surface area contributed by atoms with Crippen molar-refractivity contribution in [3.8, 4) is 11.1 Å². The molecule has 1 aromatic carbocycles. The van der Waals surface area contributed by atoms with Gasteiger partial charge in [-0.25, -0.2) is 9.37 Å². The van der Waals surface area contributed by atoms with Crippen molar-refractivity contribution in [2.75, 3.05) is 6.61 Å². The number of pyridine rings is 1. The topological polar surface area (TPSA) is 67.5 Å². The highest BCUT2D eigenvalue weighted by Crippen LogP contribution is 2.29. The highest BCUT2D eigenvalue weighted by Gasteiger charge is 2.23. The quantitative estimate of drug-likeness (QED) is 0.484. The van der Waals surface area contributed by atoms with Gasteiger partial charge in [-0.15, -0.1) is 0 Å². The Balaban J connectivity index is 2.00. The van der Waals surface area contributed by atoms with E-state index < -0.39 is 15.2 Å². The normalized spacial score (nSPS) is 11.9. The van der Waals surface area contributed by atoms with E-state index in [4.69, 9.17) is 4.74 Å². The van der Waals surface area contributed by atoms with Crippen molar-refractivity contribution in [1.29, 1.82) is 0 Å². The van der Waals surface area contributed by atoms with Gasteiger partial charge in [-0.05, 0) is 29.8 Å². The SMILES string of the molecule is C[Si](C)(C)CCOCn1c(B(O)O)cc2c(-c3ccccc3F)ccnc21. The van der Waals surface area contributed by atoms with Crippen LogP contribution in [0.2, 0.25) is 25.7 Å². The van der Waals surface area contributed by atoms with Crippen LogP contribution in [-0.4, -0.2) is 41.4 Å². The predicted octanol–water partition coefficient (Wildman–Crippen LogP) is 2.83. The summed E-state index contributed by atoms with van der Waals surface area (Å²) >= 11 is 0. The number of ether oxygens (including phenoxy) is 1. The van der Waals surface area contributed by atoms with Crippen LogP contribution in [-0.2, 0) is 11.5 Å². The third-order valence-electron chi connectivity index (χ3n) is 4.47. The molecule has 0 amide bonds. The first-order chi connectivity index (χ1) is 12.8. The molecule has 0 aliphatic heterocycles. The first kappa shape index (κ1) is 19.8. The lowest BCUT2D eigenvalue weighted by Crippen LogP contribution is -2.36. The maximum Gasteiger partial charge on any atom is 0.506 e. The van der Waals surface area contributed by atoms with Gasteiger partial charge in [0, 0.05) is 31.8 Å². The fourth-order valence-electron chi connectivity index (χ4n) is 2.97. The lowest BCUT2D eigenvalue weighted by atomic mass is 9.86. The van der Waals surface area contributed by atoms with Gasteiger partial charge in [0.1, 0.15) is 18.2 Å². The van der Waals surface area contributed by atoms with Gasteiger partial charge >= 0.3 is 7.12 Å². The van der Waals surface area contributed by atoms with Gasteiger partial charge in [-0.1, -0.05) is 37.8 Å². The summed E-state index contributed by atoms with van der Waals surface area (Å²) in [5.41, 5.74) is 1.91. The molecule has 2 heterocycles. The Labute approximate surface area is 159 Å². The zero-order chi connectivity index (χ0) is 19.6. The maximum absolute atomic E-state index is 14.3. The number of rotatable bonds is 7. The highest BCUT2D eigenvalue weighted by molar-refractivity contribution is 6.76. The summed E-state index contributed by atoms with van der Waals surface area (Å²) in [6.07, 6.45) is 1.59. The van der Waals surface area contributed by atoms with Gasteiger partial charge in [-0.3, -0.25) is 0 Å². The molecule has 0 aliphatic rings. The van der Waals surface area contributed by atoms with Crippen molar-refractivity contribution in [1.82, 2.24) is 9.55 Å². The Morgan fingerprint density at radius 1 is 1.15 bits per heavy atom. The molecule has 2 N–H and O–H groups in total. The summed E-state index contributed by atoms with van der Waals surface area (Å²) in [4.78, 5) is 4.37. The summed E-state index contributed by atoms with van der Waals surface area (Å²) in [6.45, 7) is 7.57. The van der Waals surface area contributed by atoms with Gasteiger partial charge in [0.25, 0.3) is 0 Å². The molecule has 0 bridgehead atoms. The smallest absolute Gasteiger partial charge is 0.422 e. The number of nitrogens with zero attached hydrogens (tertiary/aromatic N) is 2. The van der Waals surface area contributed by atoms with E-state index in [0.29, 0.717) is 28.8 Å². The van der Waals surface area contributed by atoms with Gasteiger partial charge < -0.3 is 19.4 Å². The molecule has 142 valence electrons. The molecule has 0 saturated heterocycles. The number of hydrogen-bond donors (Lipinski definition) is 2. The highest BCUT2D eigenvalue weighted by atomic mass is 28.3. The minimum Gasteiger partial charge on any atom is -0.422 e. The van der Waals surface area contributed by atoms with Crippen LogP contribution >= 0.6 is 0 Å². The van der Waals surface area contributed by atoms with Crippen molar-refractivity contribution in [3.63, 3.8) is 0 Å². The van der Waals surface area contributed by atoms with Crippen molar-refractivity contribution < 1.29 is 19.2 Å². The van der Waals surface area contributed by atoms with Crippen LogP contribution in [0, 0.1) is 5.82 Å². The third-order valence-corrected chi connectivity index (χ3v) is 6.18. The van der Waals surface area contributed by atoms with Crippen LogP contribution < -0.4 is 5.59 Å². The molecule has 0 spiro atoms. The van der Waals surface area contributed by atoms with E-state index in [1.165, 1.54) is 6.07 Å². The molecule has 0 saturated carbocycles. The Hall–Kier alpha value is -2.00. The molecule has 3 rings (SSSR count). The van der Waals surface area contributed by atoms with Gasteiger partial charge in [0.2, 0.25) is 0 Å².